The molecule has 0 rings (SSSR count). The average Bonchev–Trinajstić information content (AvgIpc) is 1.97. The van der Waals surface area contributed by atoms with Gasteiger partial charge < -0.3 is 13.8 Å². The fourth-order valence-electron chi connectivity index (χ4n) is 0.780. The topological polar surface area (TPSA) is 0 Å². The van der Waals surface area contributed by atoms with E-state index in [1.54, 1.807) is 0 Å². The van der Waals surface area contributed by atoms with E-state index in [0.29, 0.717) is 5.92 Å². The summed E-state index contributed by atoms with van der Waals surface area (Å²) in [6.45, 7) is 13.8. The second-order valence-electron chi connectivity index (χ2n) is 3.66. The van der Waals surface area contributed by atoms with Crippen molar-refractivity contribution in [3.63, 3.8) is 0 Å². The van der Waals surface area contributed by atoms with E-state index in [2.05, 4.69) is 34.6 Å². The van der Waals surface area contributed by atoms with Crippen molar-refractivity contribution in [3.05, 3.63) is 13.8 Å². The van der Waals surface area contributed by atoms with Crippen LogP contribution in [0.4, 0.5) is 0 Å². The maximum atomic E-state index is 3.78. The Kier molecular flexibility index (Phi) is 27.6. The van der Waals surface area contributed by atoms with Gasteiger partial charge in [-0.05, 0) is 0 Å². The molecule has 0 aromatic heterocycles. The molecule has 0 unspecified atom stereocenters. The van der Waals surface area contributed by atoms with Gasteiger partial charge in [-0.15, -0.1) is 0 Å². The molecule has 0 aliphatic carbocycles. The monoisotopic (exact) mass is 194 g/mol. The van der Waals surface area contributed by atoms with E-state index in [4.69, 9.17) is 0 Å². The predicted molar refractivity (Wildman–Crippen MR) is 64.7 cm³/mol. The second kappa shape index (κ2) is 18.5. The molecule has 76 valence electrons. The Morgan fingerprint density at radius 3 is 1.69 bits per heavy atom. The minimum Gasteiger partial charge on any atom is -0.343 e. The summed E-state index contributed by atoms with van der Waals surface area (Å²) < 4.78 is 0. The number of hydrogen-bond donors (Lipinski definition) is 0. The third-order valence-electron chi connectivity index (χ3n) is 1.35. The van der Waals surface area contributed by atoms with Crippen LogP contribution in [0.3, 0.4) is 0 Å². The molecule has 1 heteroatoms. The minimum atomic E-state index is 0. The molecular weight excluding hydrogens is 168 g/mol. The predicted octanol–water partition coefficient (Wildman–Crippen LogP) is 4.28. The van der Waals surface area contributed by atoms with Gasteiger partial charge in [-0.25, -0.2) is 0 Å². The molecule has 0 radical (unpaired) electrons. The van der Waals surface area contributed by atoms with Crippen molar-refractivity contribution < 1.29 is 0 Å². The normalized spacial score (nSPS) is 8.77. The fraction of sp³-hybridized carbons (Fsp3) is 0.833. The zero-order chi connectivity index (χ0) is 9.82. The molecule has 0 saturated heterocycles. The summed E-state index contributed by atoms with van der Waals surface area (Å²) >= 11 is 0. The van der Waals surface area contributed by atoms with Gasteiger partial charge in [0, 0.05) is 0 Å². The minimum absolute atomic E-state index is 0. The molecule has 0 heterocycles. The summed E-state index contributed by atoms with van der Waals surface area (Å²) in [7, 11) is 0. The molecule has 13 heavy (non-hydrogen) atoms. The van der Waals surface area contributed by atoms with Crippen LogP contribution in [0.5, 0.6) is 0 Å². The first-order valence-corrected chi connectivity index (χ1v) is 5.27. The molecule has 0 nitrogen and oxygen atoms in total. The summed E-state index contributed by atoms with van der Waals surface area (Å²) in [6, 6.07) is 0. The third kappa shape index (κ3) is 44.5. The quantitative estimate of drug-likeness (QED) is 0.348. The van der Waals surface area contributed by atoms with Crippen LogP contribution < -0.4 is 0 Å². The van der Waals surface area contributed by atoms with Crippen LogP contribution in [0, 0.1) is 19.8 Å². The van der Waals surface area contributed by atoms with E-state index in [9.17, 15) is 0 Å². The van der Waals surface area contributed by atoms with Gasteiger partial charge in [0.15, 0.2) is 0 Å². The van der Waals surface area contributed by atoms with Gasteiger partial charge in [0.1, 0.15) is 0 Å². The molecule has 0 aromatic carbocycles. The summed E-state index contributed by atoms with van der Waals surface area (Å²) in [6.07, 6.45) is 7.98. The smallest absolute Gasteiger partial charge is 0.343 e. The number of hydrogen-bond acceptors (Lipinski definition) is 0. The van der Waals surface area contributed by atoms with E-state index in [-0.39, 0.29) is 23.1 Å². The first-order chi connectivity index (χ1) is 5.65. The molecule has 0 amide bonds. The summed E-state index contributed by atoms with van der Waals surface area (Å²) in [5.41, 5.74) is 0. The van der Waals surface area contributed by atoms with Gasteiger partial charge in [-0.3, -0.25) is 0 Å². The molecule has 0 saturated carbocycles. The van der Waals surface area contributed by atoms with Crippen molar-refractivity contribution in [3.8, 4) is 0 Å². The summed E-state index contributed by atoms with van der Waals surface area (Å²) in [4.78, 5) is 0. The first-order valence-electron chi connectivity index (χ1n) is 5.27. The van der Waals surface area contributed by atoms with E-state index in [0.717, 1.165) is 6.42 Å². The Labute approximate surface area is 102 Å². The molecule has 0 atom stereocenters. The van der Waals surface area contributed by atoms with Crippen LogP contribution in [0.15, 0.2) is 0 Å². The van der Waals surface area contributed by atoms with E-state index < -0.39 is 0 Å². The van der Waals surface area contributed by atoms with Gasteiger partial charge in [0.25, 0.3) is 0 Å². The molecule has 0 N–H and O–H groups in total. The Balaban J connectivity index is -0.000000173. The maximum Gasteiger partial charge on any atom is 2.00 e. The van der Waals surface area contributed by atoms with E-state index in [1.807, 2.05) is 0 Å². The van der Waals surface area contributed by atoms with Crippen molar-refractivity contribution in [1.29, 1.82) is 0 Å². The van der Waals surface area contributed by atoms with Crippen molar-refractivity contribution in [2.75, 3.05) is 0 Å². The van der Waals surface area contributed by atoms with Crippen molar-refractivity contribution in [2.45, 2.75) is 59.3 Å². The van der Waals surface area contributed by atoms with Gasteiger partial charge in [-0.1, -0.05) is 52.9 Å². The molecule has 0 bridgehead atoms. The molecule has 0 fully saturated rings. The Hall–Kier alpha value is 0.766. The average molecular weight is 195 g/mol. The zero-order valence-electron chi connectivity index (χ0n) is 9.94. The van der Waals surface area contributed by atoms with Crippen LogP contribution in [-0.4, -0.2) is 23.1 Å². The summed E-state index contributed by atoms with van der Waals surface area (Å²) in [5, 5.41) is 0. The van der Waals surface area contributed by atoms with Gasteiger partial charge in [-0.2, -0.15) is 12.3 Å². The number of rotatable bonds is 5. The molecule has 0 aliphatic heterocycles. The van der Waals surface area contributed by atoms with Crippen LogP contribution in [0.25, 0.3) is 0 Å². The van der Waals surface area contributed by atoms with Crippen molar-refractivity contribution in [1.82, 2.24) is 0 Å². The van der Waals surface area contributed by atoms with Gasteiger partial charge in [0.05, 0.1) is 0 Å². The van der Waals surface area contributed by atoms with Crippen molar-refractivity contribution in [2.24, 2.45) is 5.92 Å². The zero-order valence-corrected chi connectivity index (χ0v) is 11.4. The summed E-state index contributed by atoms with van der Waals surface area (Å²) in [5.74, 6) is 0.583. The second-order valence-corrected chi connectivity index (χ2v) is 3.66. The van der Waals surface area contributed by atoms with Crippen LogP contribution in [-0.2, 0) is 0 Å². The van der Waals surface area contributed by atoms with Crippen LogP contribution in [0.2, 0.25) is 0 Å². The SMILES string of the molecule is [CH2-]C(C)C.[CH2-]CCCCCCC.[Mg+2]. The van der Waals surface area contributed by atoms with Crippen LogP contribution in [0.1, 0.15) is 59.3 Å². The molecule has 0 aliphatic rings. The van der Waals surface area contributed by atoms with Gasteiger partial charge >= 0.3 is 23.1 Å². The van der Waals surface area contributed by atoms with E-state index >= 15 is 0 Å². The molecule has 0 spiro atoms. The van der Waals surface area contributed by atoms with E-state index in [1.165, 1.54) is 32.1 Å². The van der Waals surface area contributed by atoms with Crippen molar-refractivity contribution >= 4 is 23.1 Å². The molecular formula is C12H26Mg. The Morgan fingerprint density at radius 1 is 1.00 bits per heavy atom. The maximum absolute atomic E-state index is 3.78. The standard InChI is InChI=1S/C8H17.C4H9.Mg/c1-3-5-7-8-6-4-2;1-4(2)3;/h1,3-8H2,2H3;4H,1H2,2-3H3;/q2*-1;+2. The Morgan fingerprint density at radius 2 is 1.38 bits per heavy atom. The first kappa shape index (κ1) is 19.4. The fourth-order valence-corrected chi connectivity index (χ4v) is 0.780. The largest absolute Gasteiger partial charge is 2.00 e. The number of unbranched alkanes of at least 4 members (excludes halogenated alkanes) is 5. The van der Waals surface area contributed by atoms with Crippen LogP contribution >= 0.6 is 0 Å². The third-order valence-corrected chi connectivity index (χ3v) is 1.35. The molecule has 0 aromatic rings. The van der Waals surface area contributed by atoms with Gasteiger partial charge in [0.2, 0.25) is 0 Å². The Bertz CT molecular complexity index is 51.4.